The van der Waals surface area contributed by atoms with Crippen LogP contribution in [-0.2, 0) is 13.0 Å². The van der Waals surface area contributed by atoms with Gasteiger partial charge in [-0.1, -0.05) is 0 Å². The molecule has 3 rings (SSSR count). The number of anilines is 1. The minimum absolute atomic E-state index is 0.0487. The predicted molar refractivity (Wildman–Crippen MR) is 98.4 cm³/mol. The van der Waals surface area contributed by atoms with Crippen LogP contribution in [0.1, 0.15) is 29.7 Å². The molecule has 28 heavy (non-hydrogen) atoms. The van der Waals surface area contributed by atoms with Gasteiger partial charge >= 0.3 is 0 Å². The lowest BCUT2D eigenvalue weighted by molar-refractivity contribution is -0.0548. The Hall–Kier alpha value is -2.35. The van der Waals surface area contributed by atoms with Gasteiger partial charge in [0.05, 0.1) is 5.69 Å². The number of hydrogen-bond acceptors (Lipinski definition) is 4. The Balaban J connectivity index is 1.63. The highest BCUT2D eigenvalue weighted by Gasteiger charge is 2.33. The summed E-state index contributed by atoms with van der Waals surface area (Å²) in [4.78, 5) is 6.00. The van der Waals surface area contributed by atoms with Gasteiger partial charge in [0.1, 0.15) is 12.4 Å². The summed E-state index contributed by atoms with van der Waals surface area (Å²) in [6, 6.07) is 6.00. The van der Waals surface area contributed by atoms with Crippen LogP contribution in [0.15, 0.2) is 24.3 Å². The minimum Gasteiger partial charge on any atom is -0.484 e. The van der Waals surface area contributed by atoms with Gasteiger partial charge in [0.25, 0.3) is 5.92 Å². The summed E-state index contributed by atoms with van der Waals surface area (Å²) in [5.41, 5.74) is 7.62. The van der Waals surface area contributed by atoms with Gasteiger partial charge in [-0.05, 0) is 48.7 Å². The van der Waals surface area contributed by atoms with Crippen molar-refractivity contribution in [3.63, 3.8) is 0 Å². The van der Waals surface area contributed by atoms with Crippen LogP contribution in [-0.4, -0.2) is 35.4 Å². The molecule has 0 spiro atoms. The van der Waals surface area contributed by atoms with E-state index in [1.165, 1.54) is 6.07 Å². The highest BCUT2D eigenvalue weighted by Crippen LogP contribution is 2.28. The summed E-state index contributed by atoms with van der Waals surface area (Å²) in [5.74, 6) is -4.56. The number of nitrogens with zero attached hydrogens (tertiary/aromatic N) is 2. The number of rotatable bonds is 6. The quantitative estimate of drug-likeness (QED) is 0.746. The fourth-order valence-corrected chi connectivity index (χ4v) is 3.25. The number of ether oxygens (including phenoxy) is 1. The van der Waals surface area contributed by atoms with E-state index in [0.717, 1.165) is 11.6 Å². The van der Waals surface area contributed by atoms with Crippen molar-refractivity contribution < 1.29 is 22.3 Å². The molecule has 8 heteroatoms. The highest BCUT2D eigenvalue weighted by atomic mass is 19.3. The monoisotopic (exact) mass is 397 g/mol. The second kappa shape index (κ2) is 8.34. The van der Waals surface area contributed by atoms with Crippen molar-refractivity contribution in [1.82, 2.24) is 9.88 Å². The van der Waals surface area contributed by atoms with Gasteiger partial charge in [0.2, 0.25) is 5.82 Å². The van der Waals surface area contributed by atoms with Gasteiger partial charge in [-0.3, -0.25) is 0 Å². The van der Waals surface area contributed by atoms with Crippen molar-refractivity contribution in [2.24, 2.45) is 0 Å². The number of aromatic nitrogens is 1. The molecule has 1 saturated heterocycles. The smallest absolute Gasteiger partial charge is 0.250 e. The van der Waals surface area contributed by atoms with Crippen molar-refractivity contribution in [3.8, 4) is 5.75 Å². The second-order valence-electron chi connectivity index (χ2n) is 7.19. The number of nitrogen functional groups attached to an aromatic ring is 1. The summed E-state index contributed by atoms with van der Waals surface area (Å²) in [7, 11) is 0. The van der Waals surface area contributed by atoms with Crippen LogP contribution in [0.3, 0.4) is 0 Å². The first-order chi connectivity index (χ1) is 13.2. The number of nitrogens with two attached hydrogens (primary N) is 1. The van der Waals surface area contributed by atoms with Gasteiger partial charge in [0, 0.05) is 32.5 Å². The SMILES string of the molecule is Cc1cc(N)nc(COc2cc(CCN3CCC(F)(F)CC3)cc(F)c2F)c1. The van der Waals surface area contributed by atoms with E-state index in [-0.39, 0.29) is 25.2 Å². The van der Waals surface area contributed by atoms with Gasteiger partial charge in [-0.2, -0.15) is 4.39 Å². The zero-order valence-corrected chi connectivity index (χ0v) is 15.7. The number of alkyl halides is 2. The zero-order valence-electron chi connectivity index (χ0n) is 15.7. The Bertz CT molecular complexity index is 814. The van der Waals surface area contributed by atoms with E-state index < -0.39 is 17.6 Å². The number of aryl methyl sites for hydroxylation is 1. The summed E-state index contributed by atoms with van der Waals surface area (Å²) >= 11 is 0. The van der Waals surface area contributed by atoms with Crippen molar-refractivity contribution in [3.05, 3.63) is 52.7 Å². The van der Waals surface area contributed by atoms with Crippen molar-refractivity contribution in [2.75, 3.05) is 25.4 Å². The van der Waals surface area contributed by atoms with E-state index in [1.807, 2.05) is 11.8 Å². The third-order valence-corrected chi connectivity index (χ3v) is 4.78. The molecule has 1 aliphatic rings. The minimum atomic E-state index is -2.60. The molecule has 1 aliphatic heterocycles. The van der Waals surface area contributed by atoms with E-state index in [2.05, 4.69) is 4.98 Å². The first kappa shape index (κ1) is 20.4. The maximum absolute atomic E-state index is 14.1. The molecule has 0 bridgehead atoms. The molecular formula is C20H23F4N3O. The third kappa shape index (κ3) is 5.34. The highest BCUT2D eigenvalue weighted by molar-refractivity contribution is 5.35. The molecule has 1 fully saturated rings. The Morgan fingerprint density at radius 2 is 1.86 bits per heavy atom. The molecule has 4 nitrogen and oxygen atoms in total. The van der Waals surface area contributed by atoms with E-state index in [4.69, 9.17) is 10.5 Å². The standard InChI is InChI=1S/C20H23F4N3O/c1-13-8-15(26-18(25)9-13)12-28-17-11-14(10-16(21)19(17)22)2-5-27-6-3-20(23,24)4-7-27/h8-11H,2-7,12H2,1H3,(H2,25,26). The molecule has 0 aliphatic carbocycles. The summed E-state index contributed by atoms with van der Waals surface area (Å²) in [5, 5.41) is 0. The van der Waals surface area contributed by atoms with Crippen LogP contribution in [0, 0.1) is 18.6 Å². The number of halogens is 4. The Morgan fingerprint density at radius 3 is 2.54 bits per heavy atom. The largest absolute Gasteiger partial charge is 0.484 e. The van der Waals surface area contributed by atoms with E-state index in [0.29, 0.717) is 43.1 Å². The predicted octanol–water partition coefficient (Wildman–Crippen LogP) is 4.10. The number of benzene rings is 1. The number of pyridine rings is 1. The van der Waals surface area contributed by atoms with Crippen molar-refractivity contribution in [2.45, 2.75) is 38.7 Å². The molecule has 2 heterocycles. The molecule has 0 atom stereocenters. The van der Waals surface area contributed by atoms with Gasteiger partial charge in [0.15, 0.2) is 11.6 Å². The average molecular weight is 397 g/mol. The van der Waals surface area contributed by atoms with Crippen LogP contribution in [0.2, 0.25) is 0 Å². The van der Waals surface area contributed by atoms with Gasteiger partial charge in [-0.15, -0.1) is 0 Å². The fourth-order valence-electron chi connectivity index (χ4n) is 3.25. The molecule has 0 unspecified atom stereocenters. The average Bonchev–Trinajstić information content (AvgIpc) is 2.61. The fraction of sp³-hybridized carbons (Fsp3) is 0.450. The van der Waals surface area contributed by atoms with Crippen molar-refractivity contribution >= 4 is 5.82 Å². The molecule has 0 radical (unpaired) electrons. The lowest BCUT2D eigenvalue weighted by atomic mass is 10.1. The number of piperidine rings is 1. The van der Waals surface area contributed by atoms with Crippen LogP contribution in [0.5, 0.6) is 5.75 Å². The molecule has 152 valence electrons. The molecule has 2 N–H and O–H groups in total. The molecule has 2 aromatic rings. The van der Waals surface area contributed by atoms with Gasteiger partial charge < -0.3 is 15.4 Å². The summed E-state index contributed by atoms with van der Waals surface area (Å²) in [6.45, 7) is 2.88. The third-order valence-electron chi connectivity index (χ3n) is 4.78. The lowest BCUT2D eigenvalue weighted by Crippen LogP contribution is -2.40. The zero-order chi connectivity index (χ0) is 20.3. The molecular weight excluding hydrogens is 374 g/mol. The molecule has 0 saturated carbocycles. The van der Waals surface area contributed by atoms with Crippen LogP contribution in [0.4, 0.5) is 23.4 Å². The molecule has 1 aromatic heterocycles. The van der Waals surface area contributed by atoms with E-state index >= 15 is 0 Å². The number of hydrogen-bond donors (Lipinski definition) is 1. The Labute approximate surface area is 161 Å². The molecule has 1 aromatic carbocycles. The van der Waals surface area contributed by atoms with E-state index in [9.17, 15) is 17.6 Å². The first-order valence-electron chi connectivity index (χ1n) is 9.16. The van der Waals surface area contributed by atoms with Crippen molar-refractivity contribution in [1.29, 1.82) is 0 Å². The number of likely N-dealkylation sites (tertiary alicyclic amines) is 1. The topological polar surface area (TPSA) is 51.4 Å². The maximum atomic E-state index is 14.1. The van der Waals surface area contributed by atoms with Crippen LogP contribution >= 0.6 is 0 Å². The lowest BCUT2D eigenvalue weighted by Gasteiger charge is -2.31. The summed E-state index contributed by atoms with van der Waals surface area (Å²) in [6.07, 6.45) is 0.0618. The van der Waals surface area contributed by atoms with Crippen LogP contribution < -0.4 is 10.5 Å². The summed E-state index contributed by atoms with van der Waals surface area (Å²) < 4.78 is 59.9. The first-order valence-corrected chi connectivity index (χ1v) is 9.16. The van der Waals surface area contributed by atoms with E-state index in [1.54, 1.807) is 12.1 Å². The Morgan fingerprint density at radius 1 is 1.14 bits per heavy atom. The van der Waals surface area contributed by atoms with Gasteiger partial charge in [-0.25, -0.2) is 18.2 Å². The second-order valence-corrected chi connectivity index (χ2v) is 7.19. The maximum Gasteiger partial charge on any atom is 0.250 e. The molecule has 0 amide bonds. The normalized spacial score (nSPS) is 16.9. The van der Waals surface area contributed by atoms with Crippen LogP contribution in [0.25, 0.3) is 0 Å². The Kier molecular flexibility index (Phi) is 6.07.